The van der Waals surface area contributed by atoms with Crippen molar-refractivity contribution in [2.75, 3.05) is 19.6 Å². The van der Waals surface area contributed by atoms with Gasteiger partial charge in [-0.1, -0.05) is 42.5 Å². The average molecular weight is 567 g/mol. The molecule has 4 rings (SSSR count). The first-order valence-electron chi connectivity index (χ1n) is 13.4. The van der Waals surface area contributed by atoms with Crippen LogP contribution in [0.1, 0.15) is 65.8 Å². The van der Waals surface area contributed by atoms with E-state index in [-0.39, 0.29) is 36.0 Å². The minimum atomic E-state index is -4.89. The SMILES string of the molecule is CC(C[C@H](CNCc1cc(C(F)(F)F)cc(C(F)(F)F)c1)c1ccc(F)cc1)N1CCC(c2ccccc2)CC1. The van der Waals surface area contributed by atoms with Crippen LogP contribution >= 0.6 is 0 Å². The van der Waals surface area contributed by atoms with Crippen molar-refractivity contribution in [3.8, 4) is 0 Å². The predicted octanol–water partition coefficient (Wildman–Crippen LogP) is 8.39. The highest BCUT2D eigenvalue weighted by atomic mass is 19.4. The number of benzene rings is 3. The minimum Gasteiger partial charge on any atom is -0.312 e. The van der Waals surface area contributed by atoms with Crippen molar-refractivity contribution in [3.05, 3.63) is 106 Å². The van der Waals surface area contributed by atoms with Crippen LogP contribution in [0.25, 0.3) is 0 Å². The highest BCUT2D eigenvalue weighted by Crippen LogP contribution is 2.36. The number of hydrogen-bond donors (Lipinski definition) is 1. The van der Waals surface area contributed by atoms with E-state index in [4.69, 9.17) is 0 Å². The van der Waals surface area contributed by atoms with Crippen molar-refractivity contribution in [3.63, 3.8) is 0 Å². The molecule has 1 heterocycles. The van der Waals surface area contributed by atoms with Crippen LogP contribution in [0.5, 0.6) is 0 Å². The fourth-order valence-corrected chi connectivity index (χ4v) is 5.54. The first-order valence-corrected chi connectivity index (χ1v) is 13.4. The summed E-state index contributed by atoms with van der Waals surface area (Å²) in [5.74, 6) is 0.0127. The van der Waals surface area contributed by atoms with Gasteiger partial charge in [-0.2, -0.15) is 26.3 Å². The molecule has 0 radical (unpaired) electrons. The molecule has 9 heteroatoms. The number of likely N-dealkylation sites (tertiary alicyclic amines) is 1. The molecule has 0 aliphatic carbocycles. The molecule has 1 unspecified atom stereocenters. The van der Waals surface area contributed by atoms with Crippen LogP contribution in [0.15, 0.2) is 72.8 Å². The third-order valence-corrected chi connectivity index (χ3v) is 7.76. The largest absolute Gasteiger partial charge is 0.416 e. The van der Waals surface area contributed by atoms with Gasteiger partial charge in [-0.25, -0.2) is 4.39 Å². The molecule has 3 aromatic rings. The Morgan fingerprint density at radius 2 is 1.40 bits per heavy atom. The van der Waals surface area contributed by atoms with Crippen LogP contribution in [0.3, 0.4) is 0 Å². The zero-order chi connectivity index (χ0) is 28.9. The van der Waals surface area contributed by atoms with Crippen molar-refractivity contribution in [1.82, 2.24) is 10.2 Å². The van der Waals surface area contributed by atoms with Gasteiger partial charge >= 0.3 is 12.4 Å². The van der Waals surface area contributed by atoms with Crippen LogP contribution in [0, 0.1) is 5.82 Å². The molecule has 216 valence electrons. The van der Waals surface area contributed by atoms with Gasteiger partial charge in [0.15, 0.2) is 0 Å². The lowest BCUT2D eigenvalue weighted by atomic mass is 9.87. The van der Waals surface area contributed by atoms with E-state index in [0.717, 1.165) is 43.6 Å². The number of piperidine rings is 1. The van der Waals surface area contributed by atoms with Crippen molar-refractivity contribution in [1.29, 1.82) is 0 Å². The summed E-state index contributed by atoms with van der Waals surface area (Å²) in [6.07, 6.45) is -7.02. The fraction of sp³-hybridized carbons (Fsp3) is 0.419. The van der Waals surface area contributed by atoms with Crippen LogP contribution in [0.2, 0.25) is 0 Å². The third kappa shape index (κ3) is 8.07. The third-order valence-electron chi connectivity index (χ3n) is 7.76. The average Bonchev–Trinajstić information content (AvgIpc) is 2.92. The molecule has 3 aromatic carbocycles. The van der Waals surface area contributed by atoms with Crippen molar-refractivity contribution < 1.29 is 30.7 Å². The molecule has 0 aromatic heterocycles. The van der Waals surface area contributed by atoms with Crippen molar-refractivity contribution in [2.45, 2.75) is 63.0 Å². The molecular weight excluding hydrogens is 533 g/mol. The second kappa shape index (κ2) is 12.7. The van der Waals surface area contributed by atoms with Crippen LogP contribution in [0.4, 0.5) is 30.7 Å². The Morgan fingerprint density at radius 3 is 1.95 bits per heavy atom. The van der Waals surface area contributed by atoms with Crippen LogP contribution in [-0.2, 0) is 18.9 Å². The standard InChI is InChI=1S/C31H33F7N2/c1-21(40-13-11-25(12-14-40)23-5-3-2-4-6-23)15-26(24-7-9-29(32)10-8-24)20-39-19-22-16-27(30(33,34)35)18-28(17-22)31(36,37)38/h2-10,16-18,21,25-26,39H,11-15,19-20H2,1H3/t21?,26-/m1/s1. The van der Waals surface area contributed by atoms with E-state index in [1.165, 1.54) is 17.7 Å². The maximum absolute atomic E-state index is 13.6. The number of hydrogen-bond acceptors (Lipinski definition) is 2. The Morgan fingerprint density at radius 1 is 0.825 bits per heavy atom. The molecule has 0 saturated carbocycles. The molecule has 40 heavy (non-hydrogen) atoms. The molecule has 0 amide bonds. The lowest BCUT2D eigenvalue weighted by molar-refractivity contribution is -0.143. The molecule has 1 aliphatic heterocycles. The topological polar surface area (TPSA) is 15.3 Å². The molecule has 0 bridgehead atoms. The van der Waals surface area contributed by atoms with E-state index in [9.17, 15) is 30.7 Å². The molecule has 1 saturated heterocycles. The monoisotopic (exact) mass is 566 g/mol. The predicted molar refractivity (Wildman–Crippen MR) is 141 cm³/mol. The molecular formula is C31H33F7N2. The summed E-state index contributed by atoms with van der Waals surface area (Å²) in [6.45, 7) is 4.13. The number of nitrogens with zero attached hydrogens (tertiary/aromatic N) is 1. The van der Waals surface area contributed by atoms with Crippen LogP contribution < -0.4 is 5.32 Å². The Hall–Kier alpha value is -2.91. The van der Waals surface area contributed by atoms with Gasteiger partial charge in [0.25, 0.3) is 0 Å². The fourth-order valence-electron chi connectivity index (χ4n) is 5.54. The summed E-state index contributed by atoms with van der Waals surface area (Å²) in [7, 11) is 0. The molecule has 1 fully saturated rings. The van der Waals surface area contributed by atoms with Gasteiger partial charge in [-0.05, 0) is 98.1 Å². The highest BCUT2D eigenvalue weighted by molar-refractivity contribution is 5.33. The highest BCUT2D eigenvalue weighted by Gasteiger charge is 2.37. The molecule has 1 N–H and O–H groups in total. The molecule has 2 atom stereocenters. The maximum Gasteiger partial charge on any atom is 0.416 e. The van der Waals surface area contributed by atoms with E-state index in [1.807, 2.05) is 18.2 Å². The van der Waals surface area contributed by atoms with E-state index in [1.54, 1.807) is 12.1 Å². The summed E-state index contributed by atoms with van der Waals surface area (Å²) in [5.41, 5.74) is -0.564. The Labute approximate surface area is 230 Å². The number of halogens is 7. The number of rotatable bonds is 9. The second-order valence-corrected chi connectivity index (χ2v) is 10.6. The van der Waals surface area contributed by atoms with Crippen molar-refractivity contribution in [2.24, 2.45) is 0 Å². The summed E-state index contributed by atoms with van der Waals surface area (Å²) in [4.78, 5) is 2.42. The lowest BCUT2D eigenvalue weighted by Gasteiger charge is -2.37. The Bertz CT molecular complexity index is 1180. The molecule has 1 aliphatic rings. The van der Waals surface area contributed by atoms with Crippen LogP contribution in [-0.4, -0.2) is 30.6 Å². The van der Waals surface area contributed by atoms with E-state index in [0.29, 0.717) is 18.9 Å². The summed E-state index contributed by atoms with van der Waals surface area (Å²) < 4.78 is 93.2. The first kappa shape index (κ1) is 30.1. The lowest BCUT2D eigenvalue weighted by Crippen LogP contribution is -2.41. The van der Waals surface area contributed by atoms with Gasteiger partial charge in [0, 0.05) is 19.1 Å². The number of nitrogens with one attached hydrogen (secondary N) is 1. The summed E-state index contributed by atoms with van der Waals surface area (Å²) in [6, 6.07) is 18.3. The van der Waals surface area contributed by atoms with Gasteiger partial charge in [0.1, 0.15) is 5.82 Å². The maximum atomic E-state index is 13.6. The minimum absolute atomic E-state index is 0.101. The summed E-state index contributed by atoms with van der Waals surface area (Å²) >= 11 is 0. The first-order chi connectivity index (χ1) is 18.9. The van der Waals surface area contributed by atoms with E-state index < -0.39 is 23.5 Å². The summed E-state index contributed by atoms with van der Waals surface area (Å²) in [5, 5.41) is 3.06. The Balaban J connectivity index is 1.42. The smallest absolute Gasteiger partial charge is 0.312 e. The van der Waals surface area contributed by atoms with Crippen molar-refractivity contribution >= 4 is 0 Å². The van der Waals surface area contributed by atoms with E-state index >= 15 is 0 Å². The van der Waals surface area contributed by atoms with Gasteiger partial charge in [0.05, 0.1) is 11.1 Å². The van der Waals surface area contributed by atoms with Gasteiger partial charge in [-0.3, -0.25) is 0 Å². The van der Waals surface area contributed by atoms with Gasteiger partial charge < -0.3 is 10.2 Å². The second-order valence-electron chi connectivity index (χ2n) is 10.6. The number of alkyl halides is 6. The molecule has 0 spiro atoms. The quantitative estimate of drug-likeness (QED) is 0.262. The van der Waals surface area contributed by atoms with Gasteiger partial charge in [0.2, 0.25) is 0 Å². The van der Waals surface area contributed by atoms with E-state index in [2.05, 4.69) is 29.3 Å². The normalized spacial score (nSPS) is 17.1. The zero-order valence-electron chi connectivity index (χ0n) is 22.2. The Kier molecular flexibility index (Phi) is 9.56. The zero-order valence-corrected chi connectivity index (χ0v) is 22.2. The van der Waals surface area contributed by atoms with Gasteiger partial charge in [-0.15, -0.1) is 0 Å². The molecule has 2 nitrogen and oxygen atoms in total.